The Labute approximate surface area is 157 Å². The van der Waals surface area contributed by atoms with Gasteiger partial charge in [-0.15, -0.1) is 0 Å². The van der Waals surface area contributed by atoms with Crippen molar-refractivity contribution in [3.8, 4) is 11.5 Å². The molecule has 0 radical (unpaired) electrons. The summed E-state index contributed by atoms with van der Waals surface area (Å²) in [6.07, 6.45) is 1.64. The maximum absolute atomic E-state index is 12.9. The van der Waals surface area contributed by atoms with Crippen molar-refractivity contribution < 1.29 is 9.47 Å². The van der Waals surface area contributed by atoms with Crippen molar-refractivity contribution in [2.24, 2.45) is 5.10 Å². The molecule has 0 aliphatic carbocycles. The van der Waals surface area contributed by atoms with Crippen LogP contribution in [0.1, 0.15) is 11.4 Å². The first-order valence-electron chi connectivity index (χ1n) is 8.41. The Balaban J connectivity index is 2.05. The Morgan fingerprint density at radius 3 is 2.30 bits per heavy atom. The quantitative estimate of drug-likeness (QED) is 0.650. The van der Waals surface area contributed by atoms with Crippen molar-refractivity contribution in [2.75, 3.05) is 33.2 Å². The third kappa shape index (κ3) is 3.62. The van der Waals surface area contributed by atoms with Crippen LogP contribution in [0.2, 0.25) is 0 Å². The monoisotopic (exact) mass is 366 g/mol. The molecular formula is C20H22N4O3. The highest BCUT2D eigenvalue weighted by Gasteiger charge is 2.13. The first-order valence-corrected chi connectivity index (χ1v) is 8.41. The Morgan fingerprint density at radius 1 is 1.07 bits per heavy atom. The number of fused-ring (bicyclic) bond motifs is 1. The lowest BCUT2D eigenvalue weighted by molar-refractivity contribution is 0.355. The van der Waals surface area contributed by atoms with Gasteiger partial charge in [0.05, 0.1) is 31.3 Å². The van der Waals surface area contributed by atoms with Crippen LogP contribution in [0.4, 0.5) is 5.69 Å². The number of anilines is 1. The van der Waals surface area contributed by atoms with Crippen LogP contribution in [-0.4, -0.2) is 44.2 Å². The summed E-state index contributed by atoms with van der Waals surface area (Å²) < 4.78 is 11.9. The topological polar surface area (TPSA) is 69.0 Å². The van der Waals surface area contributed by atoms with E-state index in [1.54, 1.807) is 32.4 Å². The Bertz CT molecular complexity index is 1050. The number of methoxy groups -OCH3 is 2. The number of ether oxygens (including phenoxy) is 2. The zero-order valence-corrected chi connectivity index (χ0v) is 16.1. The molecule has 2 aromatic carbocycles. The molecule has 3 rings (SSSR count). The van der Waals surface area contributed by atoms with E-state index in [1.807, 2.05) is 43.3 Å². The lowest BCUT2D eigenvalue weighted by Crippen LogP contribution is -2.20. The van der Waals surface area contributed by atoms with Gasteiger partial charge in [0, 0.05) is 25.8 Å². The summed E-state index contributed by atoms with van der Waals surface area (Å²) in [6, 6.07) is 11.2. The molecule has 140 valence electrons. The number of hydrogen-bond donors (Lipinski definition) is 0. The molecule has 0 unspecified atom stereocenters. The number of hydrogen-bond acceptors (Lipinski definition) is 6. The second-order valence-corrected chi connectivity index (χ2v) is 6.23. The maximum atomic E-state index is 12.9. The zero-order chi connectivity index (χ0) is 19.6. The molecule has 0 bridgehead atoms. The molecular weight excluding hydrogens is 344 g/mol. The Kier molecular flexibility index (Phi) is 5.12. The molecule has 0 saturated carbocycles. The molecule has 1 aromatic heterocycles. The largest absolute Gasteiger partial charge is 0.493 e. The highest BCUT2D eigenvalue weighted by Crippen LogP contribution is 2.30. The van der Waals surface area contributed by atoms with Crippen molar-refractivity contribution in [1.29, 1.82) is 0 Å². The van der Waals surface area contributed by atoms with Gasteiger partial charge in [0.15, 0.2) is 11.5 Å². The molecule has 7 nitrogen and oxygen atoms in total. The SMILES string of the molecule is COc1cc2nc(C)n(N=Cc3ccc(N(C)C)cc3)c(=O)c2cc1OC. The average molecular weight is 366 g/mol. The number of aromatic nitrogens is 2. The van der Waals surface area contributed by atoms with Crippen LogP contribution >= 0.6 is 0 Å². The number of nitrogens with zero attached hydrogens (tertiary/aromatic N) is 4. The molecule has 3 aromatic rings. The molecule has 0 aliphatic rings. The molecule has 0 amide bonds. The first-order chi connectivity index (χ1) is 12.9. The van der Waals surface area contributed by atoms with Crippen molar-refractivity contribution in [2.45, 2.75) is 6.92 Å². The van der Waals surface area contributed by atoms with Gasteiger partial charge in [-0.25, -0.2) is 4.98 Å². The Hall–Kier alpha value is -3.35. The molecule has 1 heterocycles. The minimum atomic E-state index is -0.264. The molecule has 0 atom stereocenters. The average Bonchev–Trinajstić information content (AvgIpc) is 2.67. The van der Waals surface area contributed by atoms with E-state index in [0.717, 1.165) is 11.3 Å². The standard InChI is InChI=1S/C20H22N4O3/c1-13-22-17-11-19(27-5)18(26-4)10-16(17)20(25)24(13)21-12-14-6-8-15(9-7-14)23(2)3/h6-12H,1-5H3. The lowest BCUT2D eigenvalue weighted by Gasteiger charge is -2.12. The molecule has 27 heavy (non-hydrogen) atoms. The third-order valence-electron chi connectivity index (χ3n) is 4.25. The molecule has 0 saturated heterocycles. The third-order valence-corrected chi connectivity index (χ3v) is 4.25. The molecule has 7 heteroatoms. The fourth-order valence-electron chi connectivity index (χ4n) is 2.73. The van der Waals surface area contributed by atoms with Gasteiger partial charge < -0.3 is 14.4 Å². The van der Waals surface area contributed by atoms with Crippen molar-refractivity contribution in [3.05, 3.63) is 58.1 Å². The van der Waals surface area contributed by atoms with Crippen LogP contribution < -0.4 is 19.9 Å². The number of rotatable bonds is 5. The van der Waals surface area contributed by atoms with Crippen LogP contribution in [-0.2, 0) is 0 Å². The van der Waals surface area contributed by atoms with E-state index in [1.165, 1.54) is 11.8 Å². The summed E-state index contributed by atoms with van der Waals surface area (Å²) in [5, 5.41) is 4.74. The van der Waals surface area contributed by atoms with E-state index in [-0.39, 0.29) is 5.56 Å². The van der Waals surface area contributed by atoms with Gasteiger partial charge in [-0.3, -0.25) is 4.79 Å². The van der Waals surface area contributed by atoms with Gasteiger partial charge in [-0.1, -0.05) is 12.1 Å². The minimum absolute atomic E-state index is 0.264. The van der Waals surface area contributed by atoms with Gasteiger partial charge in [-0.05, 0) is 30.7 Å². The summed E-state index contributed by atoms with van der Waals surface area (Å²) in [7, 11) is 7.04. The summed E-state index contributed by atoms with van der Waals surface area (Å²) in [4.78, 5) is 19.4. The number of benzene rings is 2. The highest BCUT2D eigenvalue weighted by molar-refractivity contribution is 5.83. The predicted molar refractivity (Wildman–Crippen MR) is 108 cm³/mol. The van der Waals surface area contributed by atoms with Crippen molar-refractivity contribution >= 4 is 22.8 Å². The number of aryl methyl sites for hydroxylation is 1. The van der Waals surface area contributed by atoms with Crippen LogP contribution in [0.15, 0.2) is 46.3 Å². The van der Waals surface area contributed by atoms with E-state index < -0.39 is 0 Å². The van der Waals surface area contributed by atoms with Crippen LogP contribution in [0.5, 0.6) is 11.5 Å². The van der Waals surface area contributed by atoms with Gasteiger partial charge in [0.1, 0.15) is 5.82 Å². The predicted octanol–water partition coefficient (Wildman–Crippen LogP) is 2.67. The van der Waals surface area contributed by atoms with Crippen LogP contribution in [0.3, 0.4) is 0 Å². The van der Waals surface area contributed by atoms with Crippen LogP contribution in [0.25, 0.3) is 10.9 Å². The summed E-state index contributed by atoms with van der Waals surface area (Å²) in [5.41, 5.74) is 2.25. The zero-order valence-electron chi connectivity index (χ0n) is 16.1. The summed E-state index contributed by atoms with van der Waals surface area (Å²) in [5.74, 6) is 1.49. The van der Waals surface area contributed by atoms with E-state index >= 15 is 0 Å². The fourth-order valence-corrected chi connectivity index (χ4v) is 2.73. The summed E-state index contributed by atoms with van der Waals surface area (Å²) in [6.45, 7) is 1.74. The van der Waals surface area contributed by atoms with Crippen molar-refractivity contribution in [3.63, 3.8) is 0 Å². The highest BCUT2D eigenvalue weighted by atomic mass is 16.5. The second kappa shape index (κ2) is 7.49. The van der Waals surface area contributed by atoms with E-state index in [0.29, 0.717) is 28.2 Å². The van der Waals surface area contributed by atoms with Crippen molar-refractivity contribution in [1.82, 2.24) is 9.66 Å². The molecule has 0 spiro atoms. The van der Waals surface area contributed by atoms with Crippen LogP contribution in [0, 0.1) is 6.92 Å². The van der Waals surface area contributed by atoms with E-state index in [2.05, 4.69) is 10.1 Å². The summed E-state index contributed by atoms with van der Waals surface area (Å²) >= 11 is 0. The van der Waals surface area contributed by atoms with Gasteiger partial charge in [0.2, 0.25) is 0 Å². The maximum Gasteiger partial charge on any atom is 0.282 e. The first kappa shape index (κ1) is 18.4. The van der Waals surface area contributed by atoms with Gasteiger partial charge >= 0.3 is 0 Å². The minimum Gasteiger partial charge on any atom is -0.493 e. The Morgan fingerprint density at radius 2 is 1.70 bits per heavy atom. The van der Waals surface area contributed by atoms with Gasteiger partial charge in [0.25, 0.3) is 5.56 Å². The second-order valence-electron chi connectivity index (χ2n) is 6.23. The smallest absolute Gasteiger partial charge is 0.282 e. The van der Waals surface area contributed by atoms with E-state index in [4.69, 9.17) is 9.47 Å². The molecule has 0 fully saturated rings. The molecule has 0 N–H and O–H groups in total. The van der Waals surface area contributed by atoms with E-state index in [9.17, 15) is 4.79 Å². The normalized spacial score (nSPS) is 11.1. The molecule has 0 aliphatic heterocycles. The fraction of sp³-hybridized carbons (Fsp3) is 0.250. The van der Waals surface area contributed by atoms with Gasteiger partial charge in [-0.2, -0.15) is 9.78 Å². The lowest BCUT2D eigenvalue weighted by atomic mass is 10.2.